The molecule has 1 aliphatic rings. The summed E-state index contributed by atoms with van der Waals surface area (Å²) in [6.07, 6.45) is 8.21. The van der Waals surface area contributed by atoms with Crippen LogP contribution in [-0.4, -0.2) is 192 Å². The number of nitrogens with one attached hydrogen (secondary N) is 2. The molecule has 0 bridgehead atoms. The fourth-order valence-corrected chi connectivity index (χ4v) is 7.91. The fourth-order valence-electron chi connectivity index (χ4n) is 7.91. The van der Waals surface area contributed by atoms with Crippen molar-refractivity contribution < 1.29 is 67.4 Å². The van der Waals surface area contributed by atoms with Crippen LogP contribution in [0.25, 0.3) is 0 Å². The van der Waals surface area contributed by atoms with E-state index < -0.39 is 59.9 Å². The number of likely N-dealkylation sites (N-methyl/N-ethyl adjacent to an activating group) is 3. The molecule has 1 fully saturated rings. The van der Waals surface area contributed by atoms with Crippen LogP contribution in [0, 0.1) is 41.4 Å². The zero-order valence-electron chi connectivity index (χ0n) is 71.5. The monoisotopic (exact) mass is 1510 g/mol. The molecular weight excluding hydrogens is 1340 g/mol. The van der Waals surface area contributed by atoms with Crippen molar-refractivity contribution in [3.05, 3.63) is 71.8 Å². The predicted octanol–water partition coefficient (Wildman–Crippen LogP) is 12.4. The van der Waals surface area contributed by atoms with Crippen LogP contribution < -0.4 is 52.9 Å². The number of nitrogens with two attached hydrogens (primary N) is 2. The smallest absolute Gasteiger partial charge is 0.248 e. The maximum absolute atomic E-state index is 14.2. The third kappa shape index (κ3) is 80.6. The van der Waals surface area contributed by atoms with Gasteiger partial charge >= 0.3 is 0 Å². The van der Waals surface area contributed by atoms with Gasteiger partial charge < -0.3 is 111 Å². The maximum atomic E-state index is 14.2. The van der Waals surface area contributed by atoms with E-state index >= 15 is 0 Å². The number of aliphatic hydroxyl groups is 1. The van der Waals surface area contributed by atoms with E-state index in [0.29, 0.717) is 25.4 Å². The van der Waals surface area contributed by atoms with Gasteiger partial charge in [0.1, 0.15) is 77.2 Å². The summed E-state index contributed by atoms with van der Waals surface area (Å²) in [6, 6.07) is 14.6. The van der Waals surface area contributed by atoms with Crippen molar-refractivity contribution in [2.24, 2.45) is 52.9 Å². The second-order valence-electron chi connectivity index (χ2n) is 25.0. The Morgan fingerprint density at radius 2 is 0.800 bits per heavy atom. The SMILES string of the molecule is C=O.C=O.C=O.C=O.C=O.C=O.CC.CC(C)C.CC(C)C.CCC(C)C.CC[C@H](C)CC=O.CC[C@H](C)[C@H](NC(=O)[C@H](CC(C)C)N(C)C(=O)[C@@H](NC(=O)[C@H](CC(C)C)N(C)C(=O)C(Cc1ccccc1)N(C)C(C)=O)[C@@H](C)O)C(=O)N1CCCCC1.CCc1ccccc1.CN.CN.N.N.N.N.N. The van der Waals surface area contributed by atoms with Gasteiger partial charge in [0, 0.05) is 54.0 Å². The maximum Gasteiger partial charge on any atom is 0.248 e. The zero-order chi connectivity index (χ0) is 81.8. The molecule has 27 nitrogen and oxygen atoms in total. The molecule has 3 rings (SSSR count). The van der Waals surface area contributed by atoms with Crippen LogP contribution in [0.5, 0.6) is 0 Å². The van der Waals surface area contributed by atoms with Crippen molar-refractivity contribution in [2.45, 2.75) is 259 Å². The largest absolute Gasteiger partial charge is 0.391 e. The molecule has 8 atom stereocenters. The molecule has 0 spiro atoms. The van der Waals surface area contributed by atoms with Crippen molar-refractivity contribution in [3.63, 3.8) is 0 Å². The number of nitrogens with zero attached hydrogens (tertiary/aromatic N) is 4. The normalized spacial score (nSPS) is 11.9. The summed E-state index contributed by atoms with van der Waals surface area (Å²) in [5, 5.41) is 16.6. The number of likely N-dealkylation sites (tertiary alicyclic amines) is 1. The first-order valence-corrected chi connectivity index (χ1v) is 35.0. The molecule has 0 aliphatic carbocycles. The Labute approximate surface area is 640 Å². The van der Waals surface area contributed by atoms with E-state index in [-0.39, 0.29) is 79.6 Å². The highest BCUT2D eigenvalue weighted by Gasteiger charge is 2.40. The van der Waals surface area contributed by atoms with Crippen LogP contribution in [0.3, 0.4) is 0 Å². The van der Waals surface area contributed by atoms with E-state index in [1.54, 1.807) is 7.05 Å². The van der Waals surface area contributed by atoms with Crippen LogP contribution in [0.4, 0.5) is 0 Å². The molecular formula is C78H165N13O14. The van der Waals surface area contributed by atoms with E-state index in [0.717, 1.165) is 68.1 Å². The van der Waals surface area contributed by atoms with Crippen molar-refractivity contribution in [1.82, 2.24) is 61.0 Å². The Morgan fingerprint density at radius 3 is 1.05 bits per heavy atom. The second kappa shape index (κ2) is 101. The number of hydrogen-bond acceptors (Lipinski definition) is 21. The Kier molecular flexibility index (Phi) is 135. The molecule has 1 saturated heterocycles. The van der Waals surface area contributed by atoms with Crippen molar-refractivity contribution >= 4 is 82.5 Å². The number of rotatable bonds is 24. The molecule has 22 N–H and O–H groups in total. The molecule has 0 aromatic heterocycles. The summed E-state index contributed by atoms with van der Waals surface area (Å²) in [7, 11) is 7.53. The summed E-state index contributed by atoms with van der Waals surface area (Å²) < 4.78 is 0. The highest BCUT2D eigenvalue weighted by Crippen LogP contribution is 2.21. The van der Waals surface area contributed by atoms with Crippen molar-refractivity contribution in [1.29, 1.82) is 0 Å². The Morgan fingerprint density at radius 1 is 0.486 bits per heavy atom. The van der Waals surface area contributed by atoms with Gasteiger partial charge in [-0.1, -0.05) is 218 Å². The van der Waals surface area contributed by atoms with Gasteiger partial charge in [-0.15, -0.1) is 0 Å². The van der Waals surface area contributed by atoms with Gasteiger partial charge in [0.05, 0.1) is 6.10 Å². The number of carbonyl (C=O) groups excluding carboxylic acids is 13. The number of aldehydes is 1. The number of carbonyl (C=O) groups is 13. The highest BCUT2D eigenvalue weighted by molar-refractivity contribution is 5.96. The third-order valence-electron chi connectivity index (χ3n) is 13.9. The van der Waals surface area contributed by atoms with Crippen LogP contribution in [0.1, 0.15) is 221 Å². The molecule has 105 heavy (non-hydrogen) atoms. The second-order valence-corrected chi connectivity index (χ2v) is 25.0. The van der Waals surface area contributed by atoms with Crippen molar-refractivity contribution in [3.8, 4) is 0 Å². The van der Waals surface area contributed by atoms with Gasteiger partial charge in [-0.25, -0.2) is 0 Å². The molecule has 1 aliphatic heterocycles. The summed E-state index contributed by atoms with van der Waals surface area (Å²) in [6.45, 7) is 57.6. The summed E-state index contributed by atoms with van der Waals surface area (Å²) >= 11 is 0. The first kappa shape index (κ1) is 140. The molecule has 626 valence electrons. The molecule has 27 heteroatoms. The van der Waals surface area contributed by atoms with E-state index in [4.69, 9.17) is 28.8 Å². The van der Waals surface area contributed by atoms with E-state index in [1.807, 2.05) is 137 Å². The first-order valence-electron chi connectivity index (χ1n) is 35.0. The number of hydrogen-bond donors (Lipinski definition) is 10. The Bertz CT molecular complexity index is 2130. The molecule has 2 aromatic rings. The number of aliphatic hydroxyl groups excluding tert-OH is 1. The molecule has 6 amide bonds. The predicted molar refractivity (Wildman–Crippen MR) is 441 cm³/mol. The number of piperidine rings is 1. The van der Waals surface area contributed by atoms with Crippen LogP contribution >= 0.6 is 0 Å². The minimum absolute atomic E-state index is 0. The summed E-state index contributed by atoms with van der Waals surface area (Å²) in [5.74, 6) is 0.246. The lowest BCUT2D eigenvalue weighted by molar-refractivity contribution is -0.149. The Hall–Kier alpha value is -7.37. The third-order valence-corrected chi connectivity index (χ3v) is 13.9. The average Bonchev–Trinajstić information content (AvgIpc) is 0.823. The van der Waals surface area contributed by atoms with E-state index in [1.165, 1.54) is 68.7 Å². The van der Waals surface area contributed by atoms with E-state index in [9.17, 15) is 38.7 Å². The quantitative estimate of drug-likeness (QED) is 0.0436. The van der Waals surface area contributed by atoms with Crippen LogP contribution in [0.2, 0.25) is 0 Å². The fraction of sp³-hybridized carbons (Fsp3) is 0.679. The lowest BCUT2D eigenvalue weighted by Gasteiger charge is -2.37. The minimum Gasteiger partial charge on any atom is -0.391 e. The number of amides is 6. The van der Waals surface area contributed by atoms with Gasteiger partial charge in [0.15, 0.2) is 0 Å². The summed E-state index contributed by atoms with van der Waals surface area (Å²) in [4.78, 5) is 146. The summed E-state index contributed by atoms with van der Waals surface area (Å²) in [5.41, 5.74) is 11.3. The van der Waals surface area contributed by atoms with Gasteiger partial charge in [-0.05, 0) is 112 Å². The zero-order valence-corrected chi connectivity index (χ0v) is 71.5. The van der Waals surface area contributed by atoms with Crippen molar-refractivity contribution in [2.75, 3.05) is 48.3 Å². The van der Waals surface area contributed by atoms with Crippen LogP contribution in [0.15, 0.2) is 60.7 Å². The van der Waals surface area contributed by atoms with Gasteiger partial charge in [0.25, 0.3) is 0 Å². The molecule has 0 radical (unpaired) electrons. The molecule has 0 saturated carbocycles. The van der Waals surface area contributed by atoms with Gasteiger partial charge in [-0.3, -0.25) is 28.8 Å². The number of aryl methyl sites for hydroxylation is 1. The Balaban J connectivity index is -0.0000000827. The lowest BCUT2D eigenvalue weighted by atomic mass is 9.95. The number of benzene rings is 2. The van der Waals surface area contributed by atoms with Gasteiger partial charge in [-0.2, -0.15) is 0 Å². The minimum atomic E-state index is -1.44. The van der Waals surface area contributed by atoms with Crippen LogP contribution in [-0.2, 0) is 75.2 Å². The molecule has 2 aromatic carbocycles. The lowest BCUT2D eigenvalue weighted by Crippen LogP contribution is -2.62. The van der Waals surface area contributed by atoms with Gasteiger partial charge in [0.2, 0.25) is 35.4 Å². The highest BCUT2D eigenvalue weighted by atomic mass is 16.3. The van der Waals surface area contributed by atoms with E-state index in [2.05, 4.69) is 129 Å². The first-order chi connectivity index (χ1) is 47.3. The molecule has 1 unspecified atom stereocenters. The molecule has 1 heterocycles. The standard InChI is InChI=1S/C41H68N6O7.C8H10.C6H12O.C5H12.2C4H10.C2H6.2CH5N.6CH2O.5H3N/c1-12-28(6)35(41(54)47-21-17-14-18-22-47)42-37(50)33(24-27(4)5)46(11)40(53)36(29(7)48)43-38(51)32(23-26(2)3)45(10)39(52)34(44(9)30(8)49)25-31-19-15-13-16-20-31;1-2-8-6-4-3-5-7-8;1-3-6(2)4-5-7;1-4-5(2)3;2*1-4(2)3;9*1-2;;;;;/h13,15-16,19-20,26-29,32-36,48H,12,14,17-18,21-25H2,1-11H3,(H,42,50)(H,43,51);3-7H,2H2,1H3;5-6H,3-4H2,1-2H3;5H,4H2,1-3H3;2*4H,1-3H3;1-2H3;2*2H2,1H3;6*1H2;5*1H3/t28-,29+,32-,33-,34?,35-,36-;;6-;;;;;;;;;;;;;;;;;/m0.0................./s1. The topological polar surface area (TPSA) is 506 Å². The average molecular weight is 1510 g/mol.